The summed E-state index contributed by atoms with van der Waals surface area (Å²) in [4.78, 5) is 14.7. The molecular weight excluding hydrogens is 428 g/mol. The molecule has 0 fully saturated rings. The minimum atomic E-state index is 0.877. The fourth-order valence-electron chi connectivity index (χ4n) is 6.51. The number of nitrogens with zero attached hydrogens (tertiary/aromatic N) is 4. The highest BCUT2D eigenvalue weighted by Crippen LogP contribution is 2.50. The summed E-state index contributed by atoms with van der Waals surface area (Å²) >= 11 is 0. The molecule has 162 valence electrons. The van der Waals surface area contributed by atoms with Gasteiger partial charge in [0.2, 0.25) is 0 Å². The highest BCUT2D eigenvalue weighted by molar-refractivity contribution is 6.12. The lowest BCUT2D eigenvalue weighted by Crippen LogP contribution is -1.96. The molecule has 7 aromatic rings. The average molecular weight is 447 g/mol. The van der Waals surface area contributed by atoms with Crippen LogP contribution < -0.4 is 0 Å². The monoisotopic (exact) mass is 446 g/mol. The number of pyridine rings is 3. The smallest absolute Gasteiger partial charge is 0.166 e. The van der Waals surface area contributed by atoms with Gasteiger partial charge in [0.15, 0.2) is 5.65 Å². The van der Waals surface area contributed by atoms with E-state index in [-0.39, 0.29) is 0 Å². The van der Waals surface area contributed by atoms with Crippen molar-refractivity contribution in [2.45, 2.75) is 12.8 Å². The molecule has 4 heteroatoms. The van der Waals surface area contributed by atoms with Crippen LogP contribution in [0.25, 0.3) is 60.9 Å². The van der Waals surface area contributed by atoms with E-state index in [1.807, 2.05) is 24.5 Å². The van der Waals surface area contributed by atoms with Crippen molar-refractivity contribution in [2.24, 2.45) is 0 Å². The zero-order valence-corrected chi connectivity index (χ0v) is 18.8. The highest BCUT2D eigenvalue weighted by Gasteiger charge is 2.31. The number of aromatic nitrogens is 4. The SMILES string of the molecule is c1ccc2c(c1)Cc1ccc3c(c1-2)-c1ccc2nc4c5ncccc5c5cccnc5n4c2c1C3. The normalized spacial score (nSPS) is 13.5. The van der Waals surface area contributed by atoms with Crippen molar-refractivity contribution in [3.63, 3.8) is 0 Å². The van der Waals surface area contributed by atoms with Crippen LogP contribution in [0.5, 0.6) is 0 Å². The van der Waals surface area contributed by atoms with E-state index in [1.165, 1.54) is 44.5 Å². The zero-order chi connectivity index (χ0) is 22.7. The topological polar surface area (TPSA) is 43.1 Å². The summed E-state index contributed by atoms with van der Waals surface area (Å²) in [5.41, 5.74) is 16.0. The Morgan fingerprint density at radius 3 is 2.34 bits per heavy atom. The summed E-state index contributed by atoms with van der Waals surface area (Å²) in [6.07, 6.45) is 5.64. The maximum absolute atomic E-state index is 5.10. The highest BCUT2D eigenvalue weighted by atomic mass is 15.1. The second-order valence-corrected chi connectivity index (χ2v) is 9.65. The summed E-state index contributed by atoms with van der Waals surface area (Å²) < 4.78 is 2.25. The molecule has 0 radical (unpaired) electrons. The third-order valence-corrected chi connectivity index (χ3v) is 7.91. The van der Waals surface area contributed by atoms with Crippen molar-refractivity contribution in [1.82, 2.24) is 19.4 Å². The predicted octanol–water partition coefficient (Wildman–Crippen LogP) is 6.73. The molecule has 35 heavy (non-hydrogen) atoms. The first kappa shape index (κ1) is 17.8. The minimum absolute atomic E-state index is 0.877. The Morgan fingerprint density at radius 1 is 0.600 bits per heavy atom. The quantitative estimate of drug-likeness (QED) is 0.243. The third kappa shape index (κ3) is 2.11. The first-order valence-corrected chi connectivity index (χ1v) is 12.1. The Labute approximate surface area is 200 Å². The van der Waals surface area contributed by atoms with Gasteiger partial charge in [-0.2, -0.15) is 0 Å². The van der Waals surface area contributed by atoms with Gasteiger partial charge in [0.1, 0.15) is 11.2 Å². The summed E-state index contributed by atoms with van der Waals surface area (Å²) in [6, 6.07) is 26.2. The Kier molecular flexibility index (Phi) is 3.11. The van der Waals surface area contributed by atoms with Gasteiger partial charge in [-0.1, -0.05) is 48.5 Å². The van der Waals surface area contributed by atoms with Crippen LogP contribution in [-0.2, 0) is 12.8 Å². The van der Waals surface area contributed by atoms with Gasteiger partial charge in [-0.3, -0.25) is 9.38 Å². The fourth-order valence-corrected chi connectivity index (χ4v) is 6.51. The number of hydrogen-bond acceptors (Lipinski definition) is 3. The maximum atomic E-state index is 5.10. The summed E-state index contributed by atoms with van der Waals surface area (Å²) in [6.45, 7) is 0. The van der Waals surface area contributed by atoms with Crippen molar-refractivity contribution in [3.05, 3.63) is 107 Å². The van der Waals surface area contributed by atoms with Crippen molar-refractivity contribution in [2.75, 3.05) is 0 Å². The van der Waals surface area contributed by atoms with Crippen LogP contribution in [0.3, 0.4) is 0 Å². The first-order valence-electron chi connectivity index (χ1n) is 12.1. The molecule has 0 unspecified atom stereocenters. The second kappa shape index (κ2) is 6.10. The van der Waals surface area contributed by atoms with Crippen LogP contribution in [0.15, 0.2) is 85.2 Å². The van der Waals surface area contributed by atoms with Gasteiger partial charge in [0.05, 0.1) is 11.0 Å². The molecule has 0 aliphatic heterocycles. The number of imidazole rings is 1. The maximum Gasteiger partial charge on any atom is 0.166 e. The second-order valence-electron chi connectivity index (χ2n) is 9.65. The van der Waals surface area contributed by atoms with Crippen molar-refractivity contribution < 1.29 is 0 Å². The lowest BCUT2D eigenvalue weighted by molar-refractivity contribution is 1.19. The van der Waals surface area contributed by atoms with E-state index in [1.54, 1.807) is 0 Å². The molecular formula is C31H18N4. The van der Waals surface area contributed by atoms with E-state index in [9.17, 15) is 0 Å². The van der Waals surface area contributed by atoms with Crippen molar-refractivity contribution in [3.8, 4) is 22.3 Å². The third-order valence-electron chi connectivity index (χ3n) is 7.91. The first-order chi connectivity index (χ1) is 17.4. The Hall–Kier alpha value is -4.57. The molecule has 0 N–H and O–H groups in total. The van der Waals surface area contributed by atoms with Gasteiger partial charge in [0.25, 0.3) is 0 Å². The standard InChI is InChI=1S/C31H18N4/c1-2-6-20-17(5-1)15-18-9-10-19-16-24-21(27(19)26(18)20)11-12-25-29(24)35-30-23(8-4-14-33-30)22-7-3-13-32-28(22)31(35)34-25/h1-14H,15-16H2. The molecule has 0 spiro atoms. The average Bonchev–Trinajstić information content (AvgIpc) is 3.59. The number of fused-ring (bicyclic) bond motifs is 16. The molecule has 4 nitrogen and oxygen atoms in total. The fraction of sp³-hybridized carbons (Fsp3) is 0.0645. The van der Waals surface area contributed by atoms with Gasteiger partial charge in [-0.05, 0) is 75.2 Å². The van der Waals surface area contributed by atoms with E-state index in [2.05, 4.69) is 65.1 Å². The van der Waals surface area contributed by atoms with Gasteiger partial charge in [-0.15, -0.1) is 0 Å². The van der Waals surface area contributed by atoms with E-state index >= 15 is 0 Å². The summed E-state index contributed by atoms with van der Waals surface area (Å²) in [7, 11) is 0. The van der Waals surface area contributed by atoms with Crippen LogP contribution >= 0.6 is 0 Å². The van der Waals surface area contributed by atoms with Gasteiger partial charge < -0.3 is 0 Å². The molecule has 0 saturated heterocycles. The largest absolute Gasteiger partial charge is 0.274 e. The summed E-state index contributed by atoms with van der Waals surface area (Å²) in [5.74, 6) is 0. The van der Waals surface area contributed by atoms with E-state index < -0.39 is 0 Å². The minimum Gasteiger partial charge on any atom is -0.274 e. The van der Waals surface area contributed by atoms with Crippen molar-refractivity contribution in [1.29, 1.82) is 0 Å². The van der Waals surface area contributed by atoms with Gasteiger partial charge in [-0.25, -0.2) is 9.97 Å². The van der Waals surface area contributed by atoms with E-state index in [0.29, 0.717) is 0 Å². The number of hydrogen-bond donors (Lipinski definition) is 0. The Morgan fingerprint density at radius 2 is 1.40 bits per heavy atom. The van der Waals surface area contributed by atoms with Crippen LogP contribution in [0.1, 0.15) is 22.3 Å². The van der Waals surface area contributed by atoms with Gasteiger partial charge >= 0.3 is 0 Å². The van der Waals surface area contributed by atoms with Crippen LogP contribution in [0, 0.1) is 0 Å². The lowest BCUT2D eigenvalue weighted by Gasteiger charge is -2.11. The molecule has 0 atom stereocenters. The number of benzene rings is 3. The molecule has 0 saturated carbocycles. The number of rotatable bonds is 0. The van der Waals surface area contributed by atoms with Crippen LogP contribution in [-0.4, -0.2) is 19.4 Å². The van der Waals surface area contributed by atoms with Gasteiger partial charge in [0, 0.05) is 29.6 Å². The molecule has 3 aromatic carbocycles. The Bertz CT molecular complexity index is 2070. The summed E-state index contributed by atoms with van der Waals surface area (Å²) in [5, 5.41) is 2.19. The molecule has 2 aliphatic rings. The Balaban J connectivity index is 1.45. The van der Waals surface area contributed by atoms with Crippen LogP contribution in [0.4, 0.5) is 0 Å². The molecule has 4 heterocycles. The molecule has 0 bridgehead atoms. The molecule has 4 aromatic heterocycles. The molecule has 2 aliphatic carbocycles. The van der Waals surface area contributed by atoms with E-state index in [0.717, 1.165) is 51.5 Å². The lowest BCUT2D eigenvalue weighted by atomic mass is 9.94. The van der Waals surface area contributed by atoms with Crippen molar-refractivity contribution >= 4 is 38.6 Å². The molecule has 0 amide bonds. The predicted molar refractivity (Wildman–Crippen MR) is 140 cm³/mol. The van der Waals surface area contributed by atoms with E-state index in [4.69, 9.17) is 15.0 Å². The molecule has 9 rings (SSSR count). The van der Waals surface area contributed by atoms with Crippen LogP contribution in [0.2, 0.25) is 0 Å². The zero-order valence-electron chi connectivity index (χ0n) is 18.8.